The van der Waals surface area contributed by atoms with Crippen LogP contribution >= 0.6 is 15.9 Å². The van der Waals surface area contributed by atoms with Crippen LogP contribution in [0.5, 0.6) is 0 Å². The number of aliphatic carboxylic acids is 1. The zero-order chi connectivity index (χ0) is 8.97. The number of carboxylic acid groups (broad SMARTS) is 1. The molecule has 0 spiro atoms. The number of hydrogen-bond donors (Lipinski definition) is 1. The summed E-state index contributed by atoms with van der Waals surface area (Å²) in [4.78, 5) is 14.0. The van der Waals surface area contributed by atoms with Crippen molar-refractivity contribution in [1.82, 2.24) is 4.98 Å². The van der Waals surface area contributed by atoms with Gasteiger partial charge in [0.1, 0.15) is 4.60 Å². The van der Waals surface area contributed by atoms with Crippen LogP contribution in [0.2, 0.25) is 0 Å². The van der Waals surface area contributed by atoms with Crippen molar-refractivity contribution in [2.24, 2.45) is 0 Å². The molecule has 0 atom stereocenters. The van der Waals surface area contributed by atoms with E-state index in [-0.39, 0.29) is 0 Å². The number of nitrogens with zero attached hydrogens (tertiary/aromatic N) is 1. The third-order valence-electron chi connectivity index (χ3n) is 1.17. The number of carbonyl (C=O) groups is 1. The van der Waals surface area contributed by atoms with E-state index in [2.05, 4.69) is 20.9 Å². The molecule has 1 N–H and O–H groups in total. The molecule has 0 aliphatic rings. The third-order valence-corrected chi connectivity index (χ3v) is 1.60. The SMILES string of the molecule is O=C(O)/C=C/c1ccnc(Br)c1. The smallest absolute Gasteiger partial charge is 0.328 e. The van der Waals surface area contributed by atoms with E-state index in [9.17, 15) is 4.79 Å². The van der Waals surface area contributed by atoms with Gasteiger partial charge in [-0.05, 0) is 39.7 Å². The van der Waals surface area contributed by atoms with Crippen LogP contribution in [0.1, 0.15) is 5.56 Å². The first-order valence-electron chi connectivity index (χ1n) is 3.21. The topological polar surface area (TPSA) is 50.2 Å². The van der Waals surface area contributed by atoms with Crippen LogP contribution in [0.3, 0.4) is 0 Å². The highest BCUT2D eigenvalue weighted by Crippen LogP contribution is 2.08. The predicted octanol–water partition coefficient (Wildman–Crippen LogP) is 1.94. The Balaban J connectivity index is 2.83. The second-order valence-electron chi connectivity index (χ2n) is 2.08. The van der Waals surface area contributed by atoms with Gasteiger partial charge in [-0.25, -0.2) is 9.78 Å². The Labute approximate surface area is 77.9 Å². The van der Waals surface area contributed by atoms with E-state index in [0.29, 0.717) is 4.60 Å². The molecule has 0 aliphatic carbocycles. The second-order valence-corrected chi connectivity index (χ2v) is 2.90. The van der Waals surface area contributed by atoms with Crippen LogP contribution in [-0.2, 0) is 4.79 Å². The molecule has 1 rings (SSSR count). The normalized spacial score (nSPS) is 10.4. The van der Waals surface area contributed by atoms with E-state index in [0.717, 1.165) is 11.6 Å². The van der Waals surface area contributed by atoms with Crippen LogP contribution < -0.4 is 0 Å². The number of pyridine rings is 1. The maximum absolute atomic E-state index is 10.1. The van der Waals surface area contributed by atoms with E-state index >= 15 is 0 Å². The van der Waals surface area contributed by atoms with Crippen molar-refractivity contribution in [1.29, 1.82) is 0 Å². The lowest BCUT2D eigenvalue weighted by Crippen LogP contribution is -1.85. The largest absolute Gasteiger partial charge is 0.478 e. The summed E-state index contributed by atoms with van der Waals surface area (Å²) >= 11 is 3.18. The van der Waals surface area contributed by atoms with Gasteiger partial charge < -0.3 is 5.11 Å². The minimum atomic E-state index is -0.956. The number of rotatable bonds is 2. The molecule has 1 aromatic rings. The van der Waals surface area contributed by atoms with E-state index < -0.39 is 5.97 Å². The van der Waals surface area contributed by atoms with Gasteiger partial charge in [0.2, 0.25) is 0 Å². The Kier molecular flexibility index (Phi) is 2.99. The van der Waals surface area contributed by atoms with E-state index in [1.54, 1.807) is 18.3 Å². The van der Waals surface area contributed by atoms with E-state index in [4.69, 9.17) is 5.11 Å². The summed E-state index contributed by atoms with van der Waals surface area (Å²) in [6.07, 6.45) is 4.20. The van der Waals surface area contributed by atoms with Gasteiger partial charge in [0, 0.05) is 12.3 Å². The molecule has 0 saturated carbocycles. The molecule has 0 radical (unpaired) electrons. The molecule has 12 heavy (non-hydrogen) atoms. The number of aromatic nitrogens is 1. The Morgan fingerprint density at radius 1 is 1.67 bits per heavy atom. The Morgan fingerprint density at radius 3 is 3.00 bits per heavy atom. The maximum atomic E-state index is 10.1. The highest BCUT2D eigenvalue weighted by atomic mass is 79.9. The maximum Gasteiger partial charge on any atom is 0.328 e. The minimum Gasteiger partial charge on any atom is -0.478 e. The average molecular weight is 228 g/mol. The molecule has 0 fully saturated rings. The average Bonchev–Trinajstić information content (AvgIpc) is 2.01. The standard InChI is InChI=1S/C8H6BrNO2/c9-7-5-6(3-4-10-7)1-2-8(11)12/h1-5H,(H,11,12)/b2-1+. The van der Waals surface area contributed by atoms with Crippen LogP contribution in [0.25, 0.3) is 6.08 Å². The van der Waals surface area contributed by atoms with Crippen LogP contribution in [0.4, 0.5) is 0 Å². The highest BCUT2D eigenvalue weighted by molar-refractivity contribution is 9.10. The van der Waals surface area contributed by atoms with Gasteiger partial charge in [-0.2, -0.15) is 0 Å². The first-order chi connectivity index (χ1) is 5.68. The molecule has 0 amide bonds. The number of hydrogen-bond acceptors (Lipinski definition) is 2. The summed E-state index contributed by atoms with van der Waals surface area (Å²) in [5.41, 5.74) is 0.805. The highest BCUT2D eigenvalue weighted by Gasteiger charge is 1.90. The predicted molar refractivity (Wildman–Crippen MR) is 48.6 cm³/mol. The second kappa shape index (κ2) is 4.01. The Bertz CT molecular complexity index is 323. The summed E-state index contributed by atoms with van der Waals surface area (Å²) in [5.74, 6) is -0.956. The van der Waals surface area contributed by atoms with Gasteiger partial charge >= 0.3 is 5.97 Å². The number of carboxylic acids is 1. The lowest BCUT2D eigenvalue weighted by atomic mass is 10.2. The molecular formula is C8H6BrNO2. The summed E-state index contributed by atoms with van der Waals surface area (Å²) in [6, 6.07) is 3.46. The quantitative estimate of drug-likeness (QED) is 0.621. The van der Waals surface area contributed by atoms with Crippen molar-refractivity contribution < 1.29 is 9.90 Å². The van der Waals surface area contributed by atoms with Crippen molar-refractivity contribution in [3.8, 4) is 0 Å². The fourth-order valence-electron chi connectivity index (χ4n) is 0.689. The fourth-order valence-corrected chi connectivity index (χ4v) is 1.07. The summed E-state index contributed by atoms with van der Waals surface area (Å²) in [5, 5.41) is 8.33. The molecule has 4 heteroatoms. The van der Waals surface area contributed by atoms with Gasteiger partial charge in [0.25, 0.3) is 0 Å². The van der Waals surface area contributed by atoms with Crippen LogP contribution in [-0.4, -0.2) is 16.1 Å². The molecule has 0 saturated heterocycles. The van der Waals surface area contributed by atoms with Gasteiger partial charge in [-0.1, -0.05) is 0 Å². The monoisotopic (exact) mass is 227 g/mol. The summed E-state index contributed by atoms with van der Waals surface area (Å²) in [7, 11) is 0. The van der Waals surface area contributed by atoms with Crippen molar-refractivity contribution in [3.05, 3.63) is 34.6 Å². The van der Waals surface area contributed by atoms with Crippen molar-refractivity contribution in [2.75, 3.05) is 0 Å². The summed E-state index contributed by atoms with van der Waals surface area (Å²) in [6.45, 7) is 0. The van der Waals surface area contributed by atoms with Crippen molar-refractivity contribution >= 4 is 28.0 Å². The molecule has 62 valence electrons. The molecule has 0 bridgehead atoms. The van der Waals surface area contributed by atoms with Crippen molar-refractivity contribution in [3.63, 3.8) is 0 Å². The first kappa shape index (κ1) is 8.93. The molecule has 3 nitrogen and oxygen atoms in total. The zero-order valence-electron chi connectivity index (χ0n) is 6.07. The zero-order valence-corrected chi connectivity index (χ0v) is 7.65. The molecular weight excluding hydrogens is 222 g/mol. The summed E-state index contributed by atoms with van der Waals surface area (Å²) < 4.78 is 0.690. The van der Waals surface area contributed by atoms with Gasteiger partial charge in [-0.3, -0.25) is 0 Å². The molecule has 0 aliphatic heterocycles. The molecule has 1 heterocycles. The molecule has 1 aromatic heterocycles. The minimum absolute atomic E-state index is 0.690. The van der Waals surface area contributed by atoms with Gasteiger partial charge in [0.15, 0.2) is 0 Å². The van der Waals surface area contributed by atoms with Gasteiger partial charge in [0.05, 0.1) is 0 Å². The first-order valence-corrected chi connectivity index (χ1v) is 4.00. The lowest BCUT2D eigenvalue weighted by molar-refractivity contribution is -0.131. The third kappa shape index (κ3) is 2.84. The van der Waals surface area contributed by atoms with Crippen LogP contribution in [0.15, 0.2) is 29.0 Å². The number of halogens is 1. The lowest BCUT2D eigenvalue weighted by Gasteiger charge is -1.91. The molecule has 0 unspecified atom stereocenters. The van der Waals surface area contributed by atoms with Gasteiger partial charge in [-0.15, -0.1) is 0 Å². The Morgan fingerprint density at radius 2 is 2.42 bits per heavy atom. The molecule has 0 aromatic carbocycles. The Hall–Kier alpha value is -1.16. The van der Waals surface area contributed by atoms with Crippen LogP contribution in [0, 0.1) is 0 Å². The van der Waals surface area contributed by atoms with E-state index in [1.165, 1.54) is 6.08 Å². The van der Waals surface area contributed by atoms with Crippen molar-refractivity contribution in [2.45, 2.75) is 0 Å². The van der Waals surface area contributed by atoms with E-state index in [1.807, 2.05) is 0 Å². The fraction of sp³-hybridized carbons (Fsp3) is 0.